The summed E-state index contributed by atoms with van der Waals surface area (Å²) in [7, 11) is 1.71. The van der Waals surface area contributed by atoms with Crippen molar-refractivity contribution in [2.75, 3.05) is 6.54 Å². The molecule has 144 valence electrons. The molecule has 0 aliphatic heterocycles. The first kappa shape index (κ1) is 19.6. The van der Waals surface area contributed by atoms with Crippen molar-refractivity contribution in [3.05, 3.63) is 59.1 Å². The Morgan fingerprint density at radius 2 is 1.86 bits per heavy atom. The Kier molecular flexibility index (Phi) is 6.06. The number of nitrogens with zero attached hydrogens (tertiary/aromatic N) is 3. The van der Waals surface area contributed by atoms with Crippen molar-refractivity contribution in [1.82, 2.24) is 9.88 Å². The highest BCUT2D eigenvalue weighted by atomic mass is 35.5. The van der Waals surface area contributed by atoms with Crippen LogP contribution in [0.15, 0.2) is 58.8 Å². The van der Waals surface area contributed by atoms with Crippen LogP contribution in [0, 0.1) is 0 Å². The summed E-state index contributed by atoms with van der Waals surface area (Å²) in [5.41, 5.74) is 1.45. The first-order valence-electron chi connectivity index (χ1n) is 8.72. The Labute approximate surface area is 166 Å². The number of aromatic hydroxyl groups is 1. The number of fused-ring (bicyclic) bond motifs is 1. The second kappa shape index (κ2) is 8.67. The van der Waals surface area contributed by atoms with Gasteiger partial charge in [0.15, 0.2) is 5.69 Å². The van der Waals surface area contributed by atoms with Crippen LogP contribution < -0.4 is 5.32 Å². The van der Waals surface area contributed by atoms with Gasteiger partial charge < -0.3 is 15.0 Å². The van der Waals surface area contributed by atoms with Crippen LogP contribution in [-0.4, -0.2) is 28.0 Å². The summed E-state index contributed by atoms with van der Waals surface area (Å²) in [4.78, 5) is 24.0. The molecule has 0 radical (unpaired) electrons. The highest BCUT2D eigenvalue weighted by Crippen LogP contribution is 2.37. The number of rotatable bonds is 6. The first-order chi connectivity index (χ1) is 13.5. The van der Waals surface area contributed by atoms with Crippen molar-refractivity contribution in [2.24, 2.45) is 17.3 Å². The number of nitrogens with one attached hydrogen (secondary N) is 1. The van der Waals surface area contributed by atoms with Gasteiger partial charge in [0, 0.05) is 25.4 Å². The minimum Gasteiger partial charge on any atom is -0.493 e. The fourth-order valence-corrected chi connectivity index (χ4v) is 3.02. The average molecular weight is 399 g/mol. The van der Waals surface area contributed by atoms with Gasteiger partial charge >= 0.3 is 0 Å². The summed E-state index contributed by atoms with van der Waals surface area (Å²) in [6.45, 7) is 0.310. The van der Waals surface area contributed by atoms with E-state index in [1.165, 1.54) is 0 Å². The Morgan fingerprint density at radius 3 is 2.64 bits per heavy atom. The molecule has 0 spiro atoms. The number of benzene rings is 2. The van der Waals surface area contributed by atoms with E-state index in [4.69, 9.17) is 11.6 Å². The summed E-state index contributed by atoms with van der Waals surface area (Å²) >= 11 is 5.97. The SMILES string of the molecule is Cn1c(O)c(N=NC(=O)CCCNC(=O)c2ccccc2Cl)c2ccccc21. The van der Waals surface area contributed by atoms with Crippen LogP contribution >= 0.6 is 11.6 Å². The van der Waals surface area contributed by atoms with E-state index in [0.29, 0.717) is 28.9 Å². The standard InChI is InChI=1S/C20H19ClN4O3/c1-25-16-10-5-3-8-14(16)18(20(25)28)24-23-17(26)11-6-12-22-19(27)13-7-2-4-9-15(13)21/h2-5,7-10,28H,6,11-12H2,1H3,(H,22,27). The van der Waals surface area contributed by atoms with E-state index in [1.807, 2.05) is 18.2 Å². The molecule has 0 aliphatic rings. The van der Waals surface area contributed by atoms with Crippen molar-refractivity contribution in [1.29, 1.82) is 0 Å². The molecule has 1 aromatic heterocycles. The molecule has 3 aromatic rings. The Balaban J connectivity index is 1.53. The molecule has 1 heterocycles. The lowest BCUT2D eigenvalue weighted by atomic mass is 10.2. The number of hydrogen-bond donors (Lipinski definition) is 2. The van der Waals surface area contributed by atoms with E-state index in [-0.39, 0.29) is 23.9 Å². The molecule has 2 N–H and O–H groups in total. The summed E-state index contributed by atoms with van der Waals surface area (Å²) < 4.78 is 1.58. The van der Waals surface area contributed by atoms with Crippen LogP contribution in [0.5, 0.6) is 5.88 Å². The first-order valence-corrected chi connectivity index (χ1v) is 9.10. The van der Waals surface area contributed by atoms with E-state index in [1.54, 1.807) is 41.9 Å². The predicted molar refractivity (Wildman–Crippen MR) is 107 cm³/mol. The zero-order valence-electron chi connectivity index (χ0n) is 15.2. The highest BCUT2D eigenvalue weighted by molar-refractivity contribution is 6.33. The number of carbonyl (C=O) groups is 2. The summed E-state index contributed by atoms with van der Waals surface area (Å²) in [6, 6.07) is 14.1. The number of para-hydroxylation sites is 1. The monoisotopic (exact) mass is 398 g/mol. The van der Waals surface area contributed by atoms with Crippen molar-refractivity contribution in [3.8, 4) is 5.88 Å². The Hall–Kier alpha value is -3.19. The van der Waals surface area contributed by atoms with E-state index < -0.39 is 5.91 Å². The van der Waals surface area contributed by atoms with Crippen LogP contribution in [0.2, 0.25) is 5.02 Å². The largest absolute Gasteiger partial charge is 0.493 e. The fraction of sp³-hybridized carbons (Fsp3) is 0.200. The predicted octanol–water partition coefficient (Wildman–Crippen LogP) is 4.36. The molecule has 0 atom stereocenters. The van der Waals surface area contributed by atoms with E-state index in [2.05, 4.69) is 15.5 Å². The van der Waals surface area contributed by atoms with Crippen molar-refractivity contribution >= 4 is 40.0 Å². The van der Waals surface area contributed by atoms with Crippen molar-refractivity contribution < 1.29 is 14.7 Å². The minimum atomic E-state index is -0.431. The average Bonchev–Trinajstić information content (AvgIpc) is 2.94. The van der Waals surface area contributed by atoms with Gasteiger partial charge in [-0.2, -0.15) is 0 Å². The van der Waals surface area contributed by atoms with Gasteiger partial charge in [0.05, 0.1) is 16.1 Å². The maximum atomic E-state index is 12.0. The molecule has 7 nitrogen and oxygen atoms in total. The van der Waals surface area contributed by atoms with E-state index in [0.717, 1.165) is 5.52 Å². The summed E-state index contributed by atoms with van der Waals surface area (Å²) in [5, 5.41) is 21.6. The molecule has 0 saturated carbocycles. The highest BCUT2D eigenvalue weighted by Gasteiger charge is 2.14. The third-order valence-corrected chi connectivity index (χ3v) is 4.61. The molecule has 0 fully saturated rings. The smallest absolute Gasteiger partial charge is 0.264 e. The quantitative estimate of drug-likeness (QED) is 0.477. The second-order valence-electron chi connectivity index (χ2n) is 6.18. The van der Waals surface area contributed by atoms with Gasteiger partial charge in [-0.05, 0) is 24.6 Å². The van der Waals surface area contributed by atoms with Crippen LogP contribution in [-0.2, 0) is 11.8 Å². The molecule has 2 aromatic carbocycles. The van der Waals surface area contributed by atoms with Gasteiger partial charge in [0.1, 0.15) is 0 Å². The zero-order valence-corrected chi connectivity index (χ0v) is 16.0. The van der Waals surface area contributed by atoms with Crippen LogP contribution in [0.4, 0.5) is 5.69 Å². The van der Waals surface area contributed by atoms with Gasteiger partial charge in [0.25, 0.3) is 11.8 Å². The number of carbonyl (C=O) groups excluding carboxylic acids is 2. The van der Waals surface area contributed by atoms with Crippen molar-refractivity contribution in [2.45, 2.75) is 12.8 Å². The number of aryl methyl sites for hydroxylation is 1. The Morgan fingerprint density at radius 1 is 1.14 bits per heavy atom. The molecule has 0 saturated heterocycles. The number of azo groups is 1. The van der Waals surface area contributed by atoms with Crippen molar-refractivity contribution in [3.63, 3.8) is 0 Å². The van der Waals surface area contributed by atoms with Crippen LogP contribution in [0.3, 0.4) is 0 Å². The third-order valence-electron chi connectivity index (χ3n) is 4.28. The van der Waals surface area contributed by atoms with Gasteiger partial charge in [-0.1, -0.05) is 41.9 Å². The molecular formula is C20H19ClN4O3. The minimum absolute atomic E-state index is 0.0512. The molecule has 3 rings (SSSR count). The lowest BCUT2D eigenvalue weighted by Gasteiger charge is -2.05. The van der Waals surface area contributed by atoms with Crippen LogP contribution in [0.1, 0.15) is 23.2 Å². The van der Waals surface area contributed by atoms with Crippen LogP contribution in [0.25, 0.3) is 10.9 Å². The molecule has 8 heteroatoms. The number of aromatic nitrogens is 1. The zero-order chi connectivity index (χ0) is 20.1. The number of amides is 2. The molecule has 0 unspecified atom stereocenters. The van der Waals surface area contributed by atoms with Gasteiger partial charge in [0.2, 0.25) is 5.88 Å². The maximum Gasteiger partial charge on any atom is 0.264 e. The maximum absolute atomic E-state index is 12.0. The molecule has 28 heavy (non-hydrogen) atoms. The van der Waals surface area contributed by atoms with Gasteiger partial charge in [-0.3, -0.25) is 9.59 Å². The molecular weight excluding hydrogens is 380 g/mol. The normalized spacial score (nSPS) is 11.2. The third kappa shape index (κ3) is 4.20. The number of halogens is 1. The summed E-state index contributed by atoms with van der Waals surface area (Å²) in [5.74, 6) is -0.774. The van der Waals surface area contributed by atoms with Gasteiger partial charge in [-0.15, -0.1) is 10.2 Å². The molecule has 2 amide bonds. The number of hydrogen-bond acceptors (Lipinski definition) is 4. The second-order valence-corrected chi connectivity index (χ2v) is 6.59. The molecule has 0 aliphatic carbocycles. The fourth-order valence-electron chi connectivity index (χ4n) is 2.80. The van der Waals surface area contributed by atoms with Gasteiger partial charge in [-0.25, -0.2) is 0 Å². The lowest BCUT2D eigenvalue weighted by Crippen LogP contribution is -2.25. The lowest BCUT2D eigenvalue weighted by molar-refractivity contribution is -0.118. The summed E-state index contributed by atoms with van der Waals surface area (Å²) in [6.07, 6.45) is 0.535. The molecule has 0 bridgehead atoms. The van der Waals surface area contributed by atoms with E-state index in [9.17, 15) is 14.7 Å². The van der Waals surface area contributed by atoms with E-state index >= 15 is 0 Å². The Bertz CT molecular complexity index is 1060. The topological polar surface area (TPSA) is 96.0 Å².